The zero-order valence-electron chi connectivity index (χ0n) is 11.9. The molecule has 108 valence electrons. The van der Waals surface area contributed by atoms with Gasteiger partial charge in [-0.1, -0.05) is 12.1 Å². The van der Waals surface area contributed by atoms with Crippen LogP contribution in [0.15, 0.2) is 36.4 Å². The van der Waals surface area contributed by atoms with Crippen LogP contribution in [0.2, 0.25) is 0 Å². The third-order valence-electron chi connectivity index (χ3n) is 3.78. The molecule has 0 spiro atoms. The van der Waals surface area contributed by atoms with Crippen molar-refractivity contribution in [3.8, 4) is 16.9 Å². The molecule has 2 aromatic carbocycles. The van der Waals surface area contributed by atoms with E-state index in [1.165, 1.54) is 12.1 Å². The van der Waals surface area contributed by atoms with Gasteiger partial charge in [0, 0.05) is 11.1 Å². The molecule has 3 heteroatoms. The third kappa shape index (κ3) is 2.82. The van der Waals surface area contributed by atoms with E-state index in [0.717, 1.165) is 35.8 Å². The van der Waals surface area contributed by atoms with Gasteiger partial charge in [-0.2, -0.15) is 0 Å². The highest BCUT2D eigenvalue weighted by molar-refractivity contribution is 5.83. The molecule has 1 fully saturated rings. The fraction of sp³-hybridized carbons (Fsp3) is 0.278. The third-order valence-corrected chi connectivity index (χ3v) is 3.78. The summed E-state index contributed by atoms with van der Waals surface area (Å²) < 4.78 is 18.8. The van der Waals surface area contributed by atoms with E-state index in [1.807, 2.05) is 19.1 Å². The summed E-state index contributed by atoms with van der Waals surface area (Å²) in [6.07, 6.45) is 3.14. The number of carbonyl (C=O) groups is 1. The number of rotatable bonds is 5. The molecular weight excluding hydrogens is 267 g/mol. The summed E-state index contributed by atoms with van der Waals surface area (Å²) in [6, 6.07) is 10.2. The van der Waals surface area contributed by atoms with Crippen molar-refractivity contribution in [2.24, 2.45) is 0 Å². The van der Waals surface area contributed by atoms with E-state index in [2.05, 4.69) is 0 Å². The maximum Gasteiger partial charge on any atom is 0.150 e. The van der Waals surface area contributed by atoms with E-state index in [9.17, 15) is 9.18 Å². The van der Waals surface area contributed by atoms with Crippen molar-refractivity contribution < 1.29 is 13.9 Å². The SMILES string of the molecule is CCOc1cc(C=O)c(C2CC2)cc1-c1ccc(F)cc1. The Kier molecular flexibility index (Phi) is 3.74. The van der Waals surface area contributed by atoms with E-state index < -0.39 is 0 Å². The van der Waals surface area contributed by atoms with Gasteiger partial charge >= 0.3 is 0 Å². The van der Waals surface area contributed by atoms with Gasteiger partial charge in [-0.3, -0.25) is 4.79 Å². The summed E-state index contributed by atoms with van der Waals surface area (Å²) in [6.45, 7) is 2.43. The molecule has 0 amide bonds. The Labute approximate surface area is 123 Å². The summed E-state index contributed by atoms with van der Waals surface area (Å²) >= 11 is 0. The molecule has 0 N–H and O–H groups in total. The van der Waals surface area contributed by atoms with Crippen LogP contribution in [0.1, 0.15) is 41.6 Å². The highest BCUT2D eigenvalue weighted by Crippen LogP contribution is 2.44. The van der Waals surface area contributed by atoms with Crippen molar-refractivity contribution in [3.63, 3.8) is 0 Å². The molecule has 1 aliphatic rings. The average molecular weight is 284 g/mol. The lowest BCUT2D eigenvalue weighted by molar-refractivity contribution is 0.112. The molecule has 0 radical (unpaired) electrons. The molecule has 0 atom stereocenters. The van der Waals surface area contributed by atoms with Crippen molar-refractivity contribution in [2.45, 2.75) is 25.7 Å². The van der Waals surface area contributed by atoms with Gasteiger partial charge in [-0.15, -0.1) is 0 Å². The number of carbonyl (C=O) groups excluding carboxylic acids is 1. The monoisotopic (exact) mass is 284 g/mol. The van der Waals surface area contributed by atoms with Crippen LogP contribution < -0.4 is 4.74 Å². The Hall–Kier alpha value is -2.16. The van der Waals surface area contributed by atoms with Gasteiger partial charge in [-0.25, -0.2) is 4.39 Å². The number of hydrogen-bond donors (Lipinski definition) is 0. The molecule has 1 aliphatic carbocycles. The van der Waals surface area contributed by atoms with Crippen molar-refractivity contribution in [2.75, 3.05) is 6.61 Å². The number of aldehydes is 1. The Morgan fingerprint density at radius 1 is 1.24 bits per heavy atom. The quantitative estimate of drug-likeness (QED) is 0.751. The smallest absolute Gasteiger partial charge is 0.150 e. The number of ether oxygens (including phenoxy) is 1. The summed E-state index contributed by atoms with van der Waals surface area (Å²) in [5.41, 5.74) is 3.60. The lowest BCUT2D eigenvalue weighted by atomic mass is 9.96. The lowest BCUT2D eigenvalue weighted by Gasteiger charge is -2.14. The van der Waals surface area contributed by atoms with Crippen LogP contribution in [0.3, 0.4) is 0 Å². The van der Waals surface area contributed by atoms with Crippen LogP contribution in [0.25, 0.3) is 11.1 Å². The molecule has 2 aromatic rings. The molecule has 0 aliphatic heterocycles. The normalized spacial score (nSPS) is 14.0. The topological polar surface area (TPSA) is 26.3 Å². The Morgan fingerprint density at radius 2 is 1.95 bits per heavy atom. The predicted molar refractivity (Wildman–Crippen MR) is 80.4 cm³/mol. The van der Waals surface area contributed by atoms with Gasteiger partial charge in [-0.05, 0) is 61.1 Å². The molecule has 0 aromatic heterocycles. The fourth-order valence-electron chi connectivity index (χ4n) is 2.59. The first-order chi connectivity index (χ1) is 10.2. The highest BCUT2D eigenvalue weighted by Gasteiger charge is 2.27. The first kappa shape index (κ1) is 13.8. The van der Waals surface area contributed by atoms with Crippen molar-refractivity contribution in [1.29, 1.82) is 0 Å². The Bertz CT molecular complexity index is 658. The van der Waals surface area contributed by atoms with E-state index >= 15 is 0 Å². The van der Waals surface area contributed by atoms with Crippen LogP contribution in [-0.2, 0) is 0 Å². The number of hydrogen-bond acceptors (Lipinski definition) is 2. The number of halogens is 1. The highest BCUT2D eigenvalue weighted by atomic mass is 19.1. The molecule has 2 nitrogen and oxygen atoms in total. The van der Waals surface area contributed by atoms with Gasteiger partial charge < -0.3 is 4.74 Å². The molecule has 0 unspecified atom stereocenters. The Morgan fingerprint density at radius 3 is 2.52 bits per heavy atom. The van der Waals surface area contributed by atoms with Crippen molar-refractivity contribution in [3.05, 3.63) is 53.3 Å². The first-order valence-electron chi connectivity index (χ1n) is 7.24. The van der Waals surface area contributed by atoms with E-state index in [4.69, 9.17) is 4.74 Å². The zero-order valence-corrected chi connectivity index (χ0v) is 11.9. The maximum absolute atomic E-state index is 13.1. The van der Waals surface area contributed by atoms with Gasteiger partial charge in [0.15, 0.2) is 0 Å². The summed E-state index contributed by atoms with van der Waals surface area (Å²) in [4.78, 5) is 11.3. The largest absolute Gasteiger partial charge is 0.493 e. The summed E-state index contributed by atoms with van der Waals surface area (Å²) in [5.74, 6) is 0.888. The minimum Gasteiger partial charge on any atom is -0.493 e. The van der Waals surface area contributed by atoms with Gasteiger partial charge in [0.05, 0.1) is 6.61 Å². The fourth-order valence-corrected chi connectivity index (χ4v) is 2.59. The van der Waals surface area contributed by atoms with E-state index in [1.54, 1.807) is 12.1 Å². The zero-order chi connectivity index (χ0) is 14.8. The second kappa shape index (κ2) is 5.68. The first-order valence-corrected chi connectivity index (χ1v) is 7.24. The molecule has 0 saturated heterocycles. The average Bonchev–Trinajstić information content (AvgIpc) is 3.33. The molecule has 1 saturated carbocycles. The summed E-state index contributed by atoms with van der Waals surface area (Å²) in [5, 5.41) is 0. The summed E-state index contributed by atoms with van der Waals surface area (Å²) in [7, 11) is 0. The number of benzene rings is 2. The van der Waals surface area contributed by atoms with E-state index in [-0.39, 0.29) is 5.82 Å². The molecule has 0 bridgehead atoms. The van der Waals surface area contributed by atoms with Crippen molar-refractivity contribution >= 4 is 6.29 Å². The molecular formula is C18H17FO2. The lowest BCUT2D eigenvalue weighted by Crippen LogP contribution is -1.99. The van der Waals surface area contributed by atoms with Crippen LogP contribution >= 0.6 is 0 Å². The molecule has 3 rings (SSSR count). The molecule has 21 heavy (non-hydrogen) atoms. The Balaban J connectivity index is 2.13. The van der Waals surface area contributed by atoms with Crippen LogP contribution in [0, 0.1) is 5.82 Å². The van der Waals surface area contributed by atoms with Crippen LogP contribution in [-0.4, -0.2) is 12.9 Å². The second-order valence-corrected chi connectivity index (χ2v) is 5.31. The van der Waals surface area contributed by atoms with Crippen LogP contribution in [0.4, 0.5) is 4.39 Å². The maximum atomic E-state index is 13.1. The minimum atomic E-state index is -0.261. The minimum absolute atomic E-state index is 0.261. The second-order valence-electron chi connectivity index (χ2n) is 5.31. The van der Waals surface area contributed by atoms with Gasteiger partial charge in [0.1, 0.15) is 17.9 Å². The van der Waals surface area contributed by atoms with Crippen molar-refractivity contribution in [1.82, 2.24) is 0 Å². The van der Waals surface area contributed by atoms with Gasteiger partial charge in [0.2, 0.25) is 0 Å². The standard InChI is InChI=1S/C18H17FO2/c1-2-21-18-9-14(11-20)16(12-3-4-12)10-17(18)13-5-7-15(19)8-6-13/h5-12H,2-4H2,1H3. The van der Waals surface area contributed by atoms with Crippen LogP contribution in [0.5, 0.6) is 5.75 Å². The molecule has 0 heterocycles. The van der Waals surface area contributed by atoms with Gasteiger partial charge in [0.25, 0.3) is 0 Å². The van der Waals surface area contributed by atoms with E-state index in [0.29, 0.717) is 23.8 Å². The predicted octanol–water partition coefficient (Wildman–Crippen LogP) is 4.58.